The van der Waals surface area contributed by atoms with Crippen LogP contribution in [0.5, 0.6) is 0 Å². The summed E-state index contributed by atoms with van der Waals surface area (Å²) in [4.78, 5) is 15.5. The molecule has 0 aliphatic carbocycles. The van der Waals surface area contributed by atoms with Crippen LogP contribution >= 0.6 is 11.6 Å². The van der Waals surface area contributed by atoms with Crippen molar-refractivity contribution in [2.75, 3.05) is 11.9 Å². The maximum Gasteiger partial charge on any atom is 0.287 e. The molecule has 0 saturated heterocycles. The largest absolute Gasteiger partial charge is 0.382 e. The summed E-state index contributed by atoms with van der Waals surface area (Å²) < 4.78 is 1.20. The van der Waals surface area contributed by atoms with Crippen LogP contribution in [0.1, 0.15) is 5.56 Å². The van der Waals surface area contributed by atoms with Crippen molar-refractivity contribution in [1.82, 2.24) is 14.8 Å². The van der Waals surface area contributed by atoms with Gasteiger partial charge < -0.3 is 5.32 Å². The molecule has 0 radical (unpaired) electrons. The highest BCUT2D eigenvalue weighted by molar-refractivity contribution is 6.32. The van der Waals surface area contributed by atoms with Crippen LogP contribution in [0, 0.1) is 0 Å². The molecule has 0 aliphatic heterocycles. The average molecular weight is 265 g/mol. The van der Waals surface area contributed by atoms with E-state index < -0.39 is 0 Å². The number of anilines is 1. The maximum atomic E-state index is 11.5. The number of nitrogens with one attached hydrogen (secondary N) is 1. The summed E-state index contributed by atoms with van der Waals surface area (Å²) in [5, 5.41) is 7.18. The minimum atomic E-state index is -0.300. The Bertz CT molecular complexity index is 582. The van der Waals surface area contributed by atoms with Crippen molar-refractivity contribution in [1.29, 1.82) is 0 Å². The van der Waals surface area contributed by atoms with Crippen LogP contribution in [0.15, 0.2) is 35.5 Å². The number of pyridine rings is 1. The number of hydrogen-bond acceptors (Lipinski definition) is 4. The zero-order valence-corrected chi connectivity index (χ0v) is 10.7. The van der Waals surface area contributed by atoms with Crippen molar-refractivity contribution in [3.05, 3.63) is 51.7 Å². The number of aryl methyl sites for hydroxylation is 1. The predicted octanol–water partition coefficient (Wildman–Crippen LogP) is 1.48. The quantitative estimate of drug-likeness (QED) is 0.909. The highest BCUT2D eigenvalue weighted by atomic mass is 35.5. The minimum absolute atomic E-state index is 0.169. The number of hydrogen-bond donors (Lipinski definition) is 1. The van der Waals surface area contributed by atoms with Gasteiger partial charge in [0.15, 0.2) is 0 Å². The first-order chi connectivity index (χ1) is 8.68. The number of nitrogens with zero attached hydrogens (tertiary/aromatic N) is 3. The Morgan fingerprint density at radius 2 is 2.11 bits per heavy atom. The molecule has 1 N–H and O–H groups in total. The number of halogens is 1. The van der Waals surface area contributed by atoms with Gasteiger partial charge in [-0.25, -0.2) is 4.68 Å². The van der Waals surface area contributed by atoms with Gasteiger partial charge in [0.2, 0.25) is 0 Å². The fourth-order valence-electron chi connectivity index (χ4n) is 1.52. The first-order valence-electron chi connectivity index (χ1n) is 5.53. The highest BCUT2D eigenvalue weighted by Crippen LogP contribution is 2.14. The molecule has 2 aromatic rings. The molecule has 0 bridgehead atoms. The first-order valence-corrected chi connectivity index (χ1v) is 5.91. The summed E-state index contributed by atoms with van der Waals surface area (Å²) in [6.45, 7) is 0.679. The van der Waals surface area contributed by atoms with Crippen molar-refractivity contribution < 1.29 is 0 Å². The molecule has 0 unspecified atom stereocenters. The van der Waals surface area contributed by atoms with Crippen molar-refractivity contribution in [3.63, 3.8) is 0 Å². The van der Waals surface area contributed by atoms with Gasteiger partial charge in [0.25, 0.3) is 5.56 Å². The zero-order chi connectivity index (χ0) is 13.0. The lowest BCUT2D eigenvalue weighted by Gasteiger charge is -2.08. The lowest BCUT2D eigenvalue weighted by molar-refractivity contribution is 0.708. The van der Waals surface area contributed by atoms with E-state index in [1.807, 2.05) is 12.1 Å². The van der Waals surface area contributed by atoms with Crippen LogP contribution < -0.4 is 10.9 Å². The molecule has 0 spiro atoms. The molecule has 2 aromatic heterocycles. The monoisotopic (exact) mass is 264 g/mol. The average Bonchev–Trinajstić information content (AvgIpc) is 2.40. The molecular weight excluding hydrogens is 252 g/mol. The Morgan fingerprint density at radius 3 is 2.83 bits per heavy atom. The highest BCUT2D eigenvalue weighted by Gasteiger charge is 2.06. The molecule has 18 heavy (non-hydrogen) atoms. The Hall–Kier alpha value is -1.88. The van der Waals surface area contributed by atoms with Gasteiger partial charge in [-0.3, -0.25) is 9.78 Å². The van der Waals surface area contributed by atoms with Gasteiger partial charge in [-0.2, -0.15) is 5.10 Å². The zero-order valence-electron chi connectivity index (χ0n) is 9.93. The number of rotatable bonds is 4. The van der Waals surface area contributed by atoms with E-state index >= 15 is 0 Å². The van der Waals surface area contributed by atoms with E-state index in [2.05, 4.69) is 15.4 Å². The summed E-state index contributed by atoms with van der Waals surface area (Å²) in [7, 11) is 1.56. The van der Waals surface area contributed by atoms with Gasteiger partial charge in [0.1, 0.15) is 5.02 Å². The fraction of sp³-hybridized carbons (Fsp3) is 0.250. The van der Waals surface area contributed by atoms with E-state index in [-0.39, 0.29) is 10.6 Å². The summed E-state index contributed by atoms with van der Waals surface area (Å²) in [5.41, 5.74) is 1.44. The van der Waals surface area contributed by atoms with Gasteiger partial charge in [0, 0.05) is 26.0 Å². The van der Waals surface area contributed by atoms with Gasteiger partial charge in [-0.1, -0.05) is 11.6 Å². The standard InChI is InChI=1S/C12H13ClN4O/c1-17-12(18)11(13)10(8-16-17)15-7-4-9-2-5-14-6-3-9/h2-3,5-6,8,15H,4,7H2,1H3. The predicted molar refractivity (Wildman–Crippen MR) is 70.9 cm³/mol. The van der Waals surface area contributed by atoms with E-state index in [1.165, 1.54) is 10.2 Å². The lowest BCUT2D eigenvalue weighted by Crippen LogP contribution is -2.21. The Balaban J connectivity index is 1.99. The first kappa shape index (κ1) is 12.6. The molecule has 0 saturated carbocycles. The van der Waals surface area contributed by atoms with Crippen molar-refractivity contribution >= 4 is 17.3 Å². The molecule has 2 heterocycles. The summed E-state index contributed by atoms with van der Waals surface area (Å²) in [6, 6.07) is 3.90. The van der Waals surface area contributed by atoms with Crippen LogP contribution in [0.3, 0.4) is 0 Å². The molecule has 0 amide bonds. The SMILES string of the molecule is Cn1ncc(NCCc2ccncc2)c(Cl)c1=O. The van der Waals surface area contributed by atoms with Crippen molar-refractivity contribution in [3.8, 4) is 0 Å². The molecule has 94 valence electrons. The van der Waals surface area contributed by atoms with Crippen LogP contribution in [0.25, 0.3) is 0 Å². The van der Waals surface area contributed by atoms with Gasteiger partial charge in [-0.15, -0.1) is 0 Å². The second-order valence-corrected chi connectivity index (χ2v) is 4.21. The molecular formula is C12H13ClN4O. The third kappa shape index (κ3) is 2.87. The fourth-order valence-corrected chi connectivity index (χ4v) is 1.76. The molecule has 0 atom stereocenters. The summed E-state index contributed by atoms with van der Waals surface area (Å²) in [5.74, 6) is 0. The van der Waals surface area contributed by atoms with E-state index in [1.54, 1.807) is 25.6 Å². The molecule has 0 aromatic carbocycles. The molecule has 0 fully saturated rings. The molecule has 0 aliphatic rings. The van der Waals surface area contributed by atoms with E-state index in [0.717, 1.165) is 6.42 Å². The topological polar surface area (TPSA) is 59.8 Å². The number of aromatic nitrogens is 3. The molecule has 2 rings (SSSR count). The third-order valence-corrected chi connectivity index (χ3v) is 2.92. The van der Waals surface area contributed by atoms with Crippen LogP contribution in [0.2, 0.25) is 5.02 Å². The lowest BCUT2D eigenvalue weighted by atomic mass is 10.2. The maximum absolute atomic E-state index is 11.5. The van der Waals surface area contributed by atoms with Crippen LogP contribution in [-0.2, 0) is 13.5 Å². The van der Waals surface area contributed by atoms with Gasteiger partial charge in [0.05, 0.1) is 11.9 Å². The summed E-state index contributed by atoms with van der Waals surface area (Å²) in [6.07, 6.45) is 5.88. The molecule has 5 nitrogen and oxygen atoms in total. The smallest absolute Gasteiger partial charge is 0.287 e. The Kier molecular flexibility index (Phi) is 3.94. The second-order valence-electron chi connectivity index (χ2n) is 3.83. The minimum Gasteiger partial charge on any atom is -0.382 e. The summed E-state index contributed by atoms with van der Waals surface area (Å²) >= 11 is 5.93. The van der Waals surface area contributed by atoms with E-state index in [9.17, 15) is 4.79 Å². The van der Waals surface area contributed by atoms with Crippen LogP contribution in [-0.4, -0.2) is 21.3 Å². The Morgan fingerprint density at radius 1 is 1.39 bits per heavy atom. The van der Waals surface area contributed by atoms with Gasteiger partial charge in [-0.05, 0) is 24.1 Å². The second kappa shape index (κ2) is 5.64. The van der Waals surface area contributed by atoms with Crippen molar-refractivity contribution in [2.45, 2.75) is 6.42 Å². The van der Waals surface area contributed by atoms with Crippen LogP contribution in [0.4, 0.5) is 5.69 Å². The Labute approximate surface area is 109 Å². The normalized spacial score (nSPS) is 10.3. The molecule has 6 heteroatoms. The third-order valence-electron chi connectivity index (χ3n) is 2.56. The van der Waals surface area contributed by atoms with E-state index in [0.29, 0.717) is 12.2 Å². The van der Waals surface area contributed by atoms with Crippen molar-refractivity contribution in [2.24, 2.45) is 7.05 Å². The van der Waals surface area contributed by atoms with Gasteiger partial charge >= 0.3 is 0 Å². The van der Waals surface area contributed by atoms with E-state index in [4.69, 9.17) is 11.6 Å².